The smallest absolute Gasteiger partial charge is 0.0294 e. The van der Waals surface area contributed by atoms with Gasteiger partial charge in [-0.3, -0.25) is 0 Å². The molecular formula is C15H25NS. The summed E-state index contributed by atoms with van der Waals surface area (Å²) in [5, 5.41) is 0. The maximum absolute atomic E-state index is 6.20. The van der Waals surface area contributed by atoms with E-state index in [9.17, 15) is 0 Å². The van der Waals surface area contributed by atoms with Gasteiger partial charge in [0.25, 0.3) is 0 Å². The standard InChI is InChI=1S/C15H25NS/c1-4-17-14-10-8-13(9-11-14)15(16)7-5-6-12(2)3/h8-12,15H,4-7,16H2,1-3H3. The second kappa shape index (κ2) is 7.78. The number of hydrogen-bond donors (Lipinski definition) is 1. The van der Waals surface area contributed by atoms with E-state index in [1.54, 1.807) is 0 Å². The van der Waals surface area contributed by atoms with Crippen LogP contribution in [0.5, 0.6) is 0 Å². The van der Waals surface area contributed by atoms with Gasteiger partial charge in [0.1, 0.15) is 0 Å². The highest BCUT2D eigenvalue weighted by Crippen LogP contribution is 2.22. The van der Waals surface area contributed by atoms with Gasteiger partial charge in [0, 0.05) is 10.9 Å². The SMILES string of the molecule is CCSc1ccc(C(N)CCCC(C)C)cc1. The van der Waals surface area contributed by atoms with Crippen molar-refractivity contribution in [1.29, 1.82) is 0 Å². The summed E-state index contributed by atoms with van der Waals surface area (Å²) in [6, 6.07) is 8.93. The Labute approximate surface area is 110 Å². The first-order valence-corrected chi connectivity index (χ1v) is 7.60. The molecule has 17 heavy (non-hydrogen) atoms. The van der Waals surface area contributed by atoms with Gasteiger partial charge in [-0.05, 0) is 35.8 Å². The molecule has 1 aromatic rings. The van der Waals surface area contributed by atoms with E-state index in [1.807, 2.05) is 11.8 Å². The van der Waals surface area contributed by atoms with E-state index in [4.69, 9.17) is 5.73 Å². The van der Waals surface area contributed by atoms with Crippen LogP contribution in [-0.4, -0.2) is 5.75 Å². The summed E-state index contributed by atoms with van der Waals surface area (Å²) < 4.78 is 0. The molecule has 0 amide bonds. The fourth-order valence-corrected chi connectivity index (χ4v) is 2.55. The van der Waals surface area contributed by atoms with Crippen molar-refractivity contribution < 1.29 is 0 Å². The topological polar surface area (TPSA) is 26.0 Å². The van der Waals surface area contributed by atoms with Gasteiger partial charge in [-0.1, -0.05) is 45.7 Å². The second-order valence-corrected chi connectivity index (χ2v) is 6.27. The molecule has 1 rings (SSSR count). The molecule has 96 valence electrons. The van der Waals surface area contributed by atoms with Crippen molar-refractivity contribution in [2.75, 3.05) is 5.75 Å². The number of thioether (sulfide) groups is 1. The third kappa shape index (κ3) is 5.60. The van der Waals surface area contributed by atoms with Gasteiger partial charge >= 0.3 is 0 Å². The minimum Gasteiger partial charge on any atom is -0.324 e. The Morgan fingerprint density at radius 1 is 1.12 bits per heavy atom. The first kappa shape index (κ1) is 14.6. The quantitative estimate of drug-likeness (QED) is 0.715. The zero-order valence-corrected chi connectivity index (χ0v) is 12.1. The van der Waals surface area contributed by atoms with Crippen LogP contribution in [0.2, 0.25) is 0 Å². The predicted octanol–water partition coefficient (Wildman–Crippen LogP) is 4.62. The summed E-state index contributed by atoms with van der Waals surface area (Å²) in [6.07, 6.45) is 3.60. The molecule has 0 heterocycles. The molecule has 0 fully saturated rings. The lowest BCUT2D eigenvalue weighted by molar-refractivity contribution is 0.505. The fraction of sp³-hybridized carbons (Fsp3) is 0.600. The average Bonchev–Trinajstić information content (AvgIpc) is 2.30. The van der Waals surface area contributed by atoms with Crippen molar-refractivity contribution in [3.8, 4) is 0 Å². The molecular weight excluding hydrogens is 226 g/mol. The zero-order valence-electron chi connectivity index (χ0n) is 11.3. The maximum Gasteiger partial charge on any atom is 0.0294 e. The Hall–Kier alpha value is -0.470. The highest BCUT2D eigenvalue weighted by molar-refractivity contribution is 7.99. The Kier molecular flexibility index (Phi) is 6.68. The molecule has 1 unspecified atom stereocenters. The van der Waals surface area contributed by atoms with Crippen molar-refractivity contribution in [2.45, 2.75) is 51.0 Å². The largest absolute Gasteiger partial charge is 0.324 e. The highest BCUT2D eigenvalue weighted by Gasteiger charge is 2.06. The van der Waals surface area contributed by atoms with E-state index in [-0.39, 0.29) is 6.04 Å². The summed E-state index contributed by atoms with van der Waals surface area (Å²) >= 11 is 1.88. The Balaban J connectivity index is 2.43. The molecule has 0 radical (unpaired) electrons. The van der Waals surface area contributed by atoms with Gasteiger partial charge in [-0.25, -0.2) is 0 Å². The number of hydrogen-bond acceptors (Lipinski definition) is 2. The molecule has 1 atom stereocenters. The molecule has 0 aliphatic carbocycles. The molecule has 0 aromatic heterocycles. The fourth-order valence-electron chi connectivity index (χ4n) is 1.89. The highest BCUT2D eigenvalue weighted by atomic mass is 32.2. The van der Waals surface area contributed by atoms with Gasteiger partial charge in [-0.15, -0.1) is 11.8 Å². The molecule has 0 aliphatic heterocycles. The van der Waals surface area contributed by atoms with Crippen LogP contribution in [0.15, 0.2) is 29.2 Å². The van der Waals surface area contributed by atoms with E-state index in [0.717, 1.165) is 18.1 Å². The minimum absolute atomic E-state index is 0.203. The van der Waals surface area contributed by atoms with E-state index in [2.05, 4.69) is 45.0 Å². The molecule has 1 aromatic carbocycles. The van der Waals surface area contributed by atoms with Gasteiger partial charge in [-0.2, -0.15) is 0 Å². The molecule has 0 spiro atoms. The lowest BCUT2D eigenvalue weighted by Gasteiger charge is -2.13. The summed E-state index contributed by atoms with van der Waals surface area (Å²) in [7, 11) is 0. The van der Waals surface area contributed by atoms with Crippen molar-refractivity contribution in [3.63, 3.8) is 0 Å². The number of rotatable bonds is 7. The molecule has 0 saturated heterocycles. The molecule has 0 saturated carbocycles. The molecule has 2 N–H and O–H groups in total. The van der Waals surface area contributed by atoms with Crippen LogP contribution >= 0.6 is 11.8 Å². The lowest BCUT2D eigenvalue weighted by Crippen LogP contribution is -2.10. The summed E-state index contributed by atoms with van der Waals surface area (Å²) in [5.41, 5.74) is 7.47. The van der Waals surface area contributed by atoms with Crippen LogP contribution < -0.4 is 5.73 Å². The Bertz CT molecular complexity index is 305. The van der Waals surface area contributed by atoms with Crippen LogP contribution in [0.3, 0.4) is 0 Å². The van der Waals surface area contributed by atoms with Crippen LogP contribution in [-0.2, 0) is 0 Å². The third-order valence-corrected chi connectivity index (χ3v) is 3.81. The Morgan fingerprint density at radius 3 is 2.29 bits per heavy atom. The summed E-state index contributed by atoms with van der Waals surface area (Å²) in [6.45, 7) is 6.71. The van der Waals surface area contributed by atoms with Crippen LogP contribution in [0, 0.1) is 5.92 Å². The Morgan fingerprint density at radius 2 is 1.76 bits per heavy atom. The third-order valence-electron chi connectivity index (χ3n) is 2.92. The van der Waals surface area contributed by atoms with Gasteiger partial charge < -0.3 is 5.73 Å². The lowest BCUT2D eigenvalue weighted by atomic mass is 9.99. The zero-order chi connectivity index (χ0) is 12.7. The minimum atomic E-state index is 0.203. The summed E-state index contributed by atoms with van der Waals surface area (Å²) in [4.78, 5) is 1.34. The molecule has 1 nitrogen and oxygen atoms in total. The van der Waals surface area contributed by atoms with E-state index < -0.39 is 0 Å². The van der Waals surface area contributed by atoms with Gasteiger partial charge in [0.05, 0.1) is 0 Å². The monoisotopic (exact) mass is 251 g/mol. The van der Waals surface area contributed by atoms with Crippen molar-refractivity contribution in [2.24, 2.45) is 11.7 Å². The van der Waals surface area contributed by atoms with Gasteiger partial charge in [0.15, 0.2) is 0 Å². The maximum atomic E-state index is 6.20. The van der Waals surface area contributed by atoms with Crippen molar-refractivity contribution >= 4 is 11.8 Å². The number of nitrogens with two attached hydrogens (primary N) is 1. The summed E-state index contributed by atoms with van der Waals surface area (Å²) in [5.74, 6) is 1.91. The molecule has 0 bridgehead atoms. The van der Waals surface area contributed by atoms with Crippen LogP contribution in [0.25, 0.3) is 0 Å². The van der Waals surface area contributed by atoms with Crippen molar-refractivity contribution in [3.05, 3.63) is 29.8 Å². The second-order valence-electron chi connectivity index (χ2n) is 4.93. The normalized spacial score (nSPS) is 13.0. The van der Waals surface area contributed by atoms with Gasteiger partial charge in [0.2, 0.25) is 0 Å². The first-order valence-electron chi connectivity index (χ1n) is 6.61. The van der Waals surface area contributed by atoms with Crippen LogP contribution in [0.4, 0.5) is 0 Å². The molecule has 0 aliphatic rings. The number of benzene rings is 1. The van der Waals surface area contributed by atoms with Crippen LogP contribution in [0.1, 0.15) is 51.6 Å². The van der Waals surface area contributed by atoms with E-state index in [1.165, 1.54) is 23.3 Å². The van der Waals surface area contributed by atoms with E-state index >= 15 is 0 Å². The first-order chi connectivity index (χ1) is 8.13. The van der Waals surface area contributed by atoms with Crippen molar-refractivity contribution in [1.82, 2.24) is 0 Å². The average molecular weight is 251 g/mol. The molecule has 2 heteroatoms. The van der Waals surface area contributed by atoms with E-state index in [0.29, 0.717) is 0 Å². The predicted molar refractivity (Wildman–Crippen MR) is 78.5 cm³/mol.